The Morgan fingerprint density at radius 3 is 2.19 bits per heavy atom. The molecule has 8 heteroatoms. The molecule has 7 nitrogen and oxygen atoms in total. The Labute approximate surface area is 222 Å². The summed E-state index contributed by atoms with van der Waals surface area (Å²) >= 11 is 1.57. The van der Waals surface area contributed by atoms with Crippen molar-refractivity contribution in [3.8, 4) is 0 Å². The number of hydrogen-bond acceptors (Lipinski definition) is 7. The molecule has 2 unspecified atom stereocenters. The number of methoxy groups -OCH3 is 2. The van der Waals surface area contributed by atoms with Crippen LogP contribution in [-0.4, -0.2) is 51.7 Å². The van der Waals surface area contributed by atoms with Gasteiger partial charge in [0, 0.05) is 38.4 Å². The van der Waals surface area contributed by atoms with Gasteiger partial charge in [-0.2, -0.15) is 0 Å². The summed E-state index contributed by atoms with van der Waals surface area (Å²) in [6, 6.07) is 6.33. The second-order valence-electron chi connectivity index (χ2n) is 11.6. The van der Waals surface area contributed by atoms with Crippen LogP contribution in [0.5, 0.6) is 0 Å². The smallest absolute Gasteiger partial charge is 0.380 e. The van der Waals surface area contributed by atoms with Gasteiger partial charge in [-0.3, -0.25) is 0 Å². The summed E-state index contributed by atoms with van der Waals surface area (Å²) in [7, 11) is 5.53. The van der Waals surface area contributed by atoms with Crippen molar-refractivity contribution in [3.63, 3.8) is 0 Å². The number of azo groups is 1. The minimum atomic E-state index is -0.216. The van der Waals surface area contributed by atoms with E-state index in [1.165, 1.54) is 0 Å². The predicted molar refractivity (Wildman–Crippen MR) is 149 cm³/mol. The first kappa shape index (κ1) is 30.4. The fraction of sp³-hybridized carbons (Fsp3) is 0.679. The number of ether oxygens (including phenoxy) is 3. The van der Waals surface area contributed by atoms with E-state index < -0.39 is 0 Å². The van der Waals surface area contributed by atoms with Gasteiger partial charge in [0.1, 0.15) is 11.9 Å². The van der Waals surface area contributed by atoms with E-state index in [0.717, 1.165) is 41.5 Å². The van der Waals surface area contributed by atoms with Gasteiger partial charge in [-0.05, 0) is 86.2 Å². The van der Waals surface area contributed by atoms with E-state index in [1.54, 1.807) is 25.6 Å². The molecule has 1 aromatic heterocycles. The minimum absolute atomic E-state index is 0.0668. The third kappa shape index (κ3) is 10.6. The van der Waals surface area contributed by atoms with Crippen LogP contribution in [0.3, 0.4) is 0 Å². The van der Waals surface area contributed by atoms with Crippen LogP contribution in [0.4, 0.5) is 16.5 Å². The molecular formula is C28H47N4O3S+. The van der Waals surface area contributed by atoms with Gasteiger partial charge in [0.15, 0.2) is 0 Å². The van der Waals surface area contributed by atoms with Gasteiger partial charge in [-0.15, -0.1) is 0 Å². The van der Waals surface area contributed by atoms with Gasteiger partial charge in [0.25, 0.3) is 0 Å². The Kier molecular flexibility index (Phi) is 11.5. The van der Waals surface area contributed by atoms with Gasteiger partial charge >= 0.3 is 5.13 Å². The van der Waals surface area contributed by atoms with Gasteiger partial charge in [-0.1, -0.05) is 20.8 Å². The molecule has 0 fully saturated rings. The summed E-state index contributed by atoms with van der Waals surface area (Å²) in [5.41, 5.74) is 3.10. The number of aryl methyl sites for hydroxylation is 2. The molecule has 2 aromatic rings. The standard InChI is InChI=1S/C28H47N4O3S/c1-21-17-22(11-12-25(21)29-30-26-31(8)15-16-36-26)32(18-23(33-9)13-14-27(2,3)4)19-24(34-10)20-35-28(5,6)7/h11-12,15-17,23-24H,13-14,18-20H2,1-10H3/q+1. The second kappa shape index (κ2) is 13.6. The average Bonchev–Trinajstić information content (AvgIpc) is 3.20. The lowest BCUT2D eigenvalue weighted by Crippen LogP contribution is -2.42. The van der Waals surface area contributed by atoms with Crippen molar-refractivity contribution < 1.29 is 18.8 Å². The largest absolute Gasteiger partial charge is 0.408 e. The molecule has 0 amide bonds. The van der Waals surface area contributed by atoms with E-state index in [4.69, 9.17) is 14.2 Å². The maximum atomic E-state index is 6.05. The third-order valence-corrected chi connectivity index (χ3v) is 6.82. The molecule has 0 saturated carbocycles. The molecule has 36 heavy (non-hydrogen) atoms. The zero-order valence-electron chi connectivity index (χ0n) is 24.0. The second-order valence-corrected chi connectivity index (χ2v) is 12.5. The van der Waals surface area contributed by atoms with Crippen LogP contribution in [-0.2, 0) is 21.3 Å². The molecule has 0 N–H and O–H groups in total. The topological polar surface area (TPSA) is 59.5 Å². The highest BCUT2D eigenvalue weighted by molar-refractivity contribution is 7.12. The first-order valence-corrected chi connectivity index (χ1v) is 13.6. The van der Waals surface area contributed by atoms with E-state index in [9.17, 15) is 0 Å². The van der Waals surface area contributed by atoms with Crippen molar-refractivity contribution in [2.75, 3.05) is 38.8 Å². The Morgan fingerprint density at radius 1 is 1.00 bits per heavy atom. The summed E-state index contributed by atoms with van der Waals surface area (Å²) in [6.45, 7) is 17.1. The van der Waals surface area contributed by atoms with Crippen molar-refractivity contribution in [1.29, 1.82) is 0 Å². The van der Waals surface area contributed by atoms with Crippen LogP contribution < -0.4 is 9.47 Å². The first-order chi connectivity index (χ1) is 16.8. The lowest BCUT2D eigenvalue weighted by Gasteiger charge is -2.33. The summed E-state index contributed by atoms with van der Waals surface area (Å²) in [5, 5.41) is 11.8. The zero-order chi connectivity index (χ0) is 26.9. The first-order valence-electron chi connectivity index (χ1n) is 12.7. The predicted octanol–water partition coefficient (Wildman–Crippen LogP) is 6.77. The van der Waals surface area contributed by atoms with E-state index in [0.29, 0.717) is 13.2 Å². The lowest BCUT2D eigenvalue weighted by atomic mass is 9.89. The van der Waals surface area contributed by atoms with E-state index in [1.807, 2.05) is 29.3 Å². The minimum Gasteiger partial charge on any atom is -0.380 e. The van der Waals surface area contributed by atoms with Crippen molar-refractivity contribution in [1.82, 2.24) is 0 Å². The number of aromatic nitrogens is 1. The molecule has 1 heterocycles. The van der Waals surface area contributed by atoms with E-state index in [2.05, 4.69) is 75.7 Å². The molecule has 0 saturated heterocycles. The maximum absolute atomic E-state index is 6.05. The summed E-state index contributed by atoms with van der Waals surface area (Å²) in [4.78, 5) is 2.35. The van der Waals surface area contributed by atoms with E-state index in [-0.39, 0.29) is 23.2 Å². The Bertz CT molecular complexity index is 934. The molecule has 0 spiro atoms. The Hall–Kier alpha value is -1.87. The summed E-state index contributed by atoms with van der Waals surface area (Å²) in [6.07, 6.45) is 4.12. The van der Waals surface area contributed by atoms with Crippen LogP contribution in [0, 0.1) is 12.3 Å². The SMILES string of the molecule is COC(CCC(C)(C)C)CN(CC(COC(C)(C)C)OC)c1ccc(/N=N/c2scc[n+]2C)c(C)c1. The zero-order valence-corrected chi connectivity index (χ0v) is 24.8. The Balaban J connectivity index is 2.26. The van der Waals surface area contributed by atoms with Crippen molar-refractivity contribution in [2.45, 2.75) is 79.1 Å². The fourth-order valence-electron chi connectivity index (χ4n) is 3.66. The normalized spacial score (nSPS) is 14.4. The van der Waals surface area contributed by atoms with Gasteiger partial charge in [-0.25, -0.2) is 4.57 Å². The highest BCUT2D eigenvalue weighted by atomic mass is 32.1. The van der Waals surface area contributed by atoms with Gasteiger partial charge in [0.05, 0.1) is 36.6 Å². The number of thiazole rings is 1. The molecule has 0 bridgehead atoms. The van der Waals surface area contributed by atoms with Crippen LogP contribution in [0.15, 0.2) is 40.0 Å². The van der Waals surface area contributed by atoms with Crippen LogP contribution in [0.2, 0.25) is 0 Å². The highest BCUT2D eigenvalue weighted by Crippen LogP contribution is 2.29. The van der Waals surface area contributed by atoms with Crippen molar-refractivity contribution >= 4 is 27.8 Å². The molecule has 2 atom stereocenters. The maximum Gasteiger partial charge on any atom is 0.408 e. The number of nitrogens with zero attached hydrogens (tertiary/aromatic N) is 4. The van der Waals surface area contributed by atoms with Crippen molar-refractivity contribution in [2.24, 2.45) is 22.7 Å². The summed E-state index contributed by atoms with van der Waals surface area (Å²) in [5.74, 6) is 0. The van der Waals surface area contributed by atoms with Crippen molar-refractivity contribution in [3.05, 3.63) is 35.3 Å². The molecule has 0 aliphatic heterocycles. The van der Waals surface area contributed by atoms with Crippen LogP contribution in [0.25, 0.3) is 0 Å². The average molecular weight is 520 g/mol. The number of benzene rings is 1. The lowest BCUT2D eigenvalue weighted by molar-refractivity contribution is -0.654. The third-order valence-electron chi connectivity index (χ3n) is 5.98. The molecule has 0 radical (unpaired) electrons. The van der Waals surface area contributed by atoms with Gasteiger partial charge < -0.3 is 19.1 Å². The monoisotopic (exact) mass is 519 g/mol. The highest BCUT2D eigenvalue weighted by Gasteiger charge is 2.23. The van der Waals surface area contributed by atoms with Gasteiger partial charge in [0.2, 0.25) is 0 Å². The number of anilines is 1. The van der Waals surface area contributed by atoms with Crippen LogP contribution in [0.1, 0.15) is 59.9 Å². The molecule has 0 aliphatic carbocycles. The molecule has 2 rings (SSSR count). The quantitative estimate of drug-likeness (QED) is 0.216. The Morgan fingerprint density at radius 2 is 1.67 bits per heavy atom. The fourth-order valence-corrected chi connectivity index (χ4v) is 4.34. The molecule has 1 aromatic carbocycles. The number of rotatable bonds is 13. The molecule has 202 valence electrons. The number of hydrogen-bond donors (Lipinski definition) is 0. The van der Waals surface area contributed by atoms with E-state index >= 15 is 0 Å². The molecular weight excluding hydrogens is 472 g/mol. The molecule has 0 aliphatic rings. The van der Waals surface area contributed by atoms with Crippen LogP contribution >= 0.6 is 11.3 Å². The summed E-state index contributed by atoms with van der Waals surface area (Å²) < 4.78 is 19.8.